The minimum atomic E-state index is -4.84. The van der Waals surface area contributed by atoms with Crippen LogP contribution in [0.5, 0.6) is 5.88 Å². The third-order valence-electron chi connectivity index (χ3n) is 1.58. The van der Waals surface area contributed by atoms with Crippen LogP contribution in [0, 0.1) is 3.57 Å². The van der Waals surface area contributed by atoms with E-state index in [2.05, 4.69) is 9.72 Å². The predicted molar refractivity (Wildman–Crippen MR) is 58.6 cm³/mol. The van der Waals surface area contributed by atoms with Gasteiger partial charge in [-0.3, -0.25) is 4.79 Å². The number of aromatic nitrogens is 1. The van der Waals surface area contributed by atoms with E-state index in [9.17, 15) is 18.0 Å². The number of hydrogen-bond donors (Lipinski definition) is 0. The highest BCUT2D eigenvalue weighted by atomic mass is 127. The first-order chi connectivity index (χ1) is 7.39. The minimum absolute atomic E-state index is 0.0105. The number of alkyl halides is 4. The van der Waals surface area contributed by atoms with E-state index >= 15 is 0 Å². The average Bonchev–Trinajstić information content (AvgIpc) is 2.19. The molecule has 0 radical (unpaired) electrons. The van der Waals surface area contributed by atoms with Gasteiger partial charge in [0.05, 0.1) is 3.57 Å². The monoisotopic (exact) mass is 365 g/mol. The van der Waals surface area contributed by atoms with Crippen molar-refractivity contribution >= 4 is 40.5 Å². The summed E-state index contributed by atoms with van der Waals surface area (Å²) >= 11 is 7.06. The van der Waals surface area contributed by atoms with Crippen LogP contribution in [0.3, 0.4) is 0 Å². The van der Waals surface area contributed by atoms with Crippen molar-refractivity contribution in [3.05, 3.63) is 20.9 Å². The van der Waals surface area contributed by atoms with Crippen molar-refractivity contribution in [1.82, 2.24) is 4.98 Å². The summed E-state index contributed by atoms with van der Waals surface area (Å²) in [5.41, 5.74) is 0.417. The molecular weight excluding hydrogens is 361 g/mol. The first-order valence-electron chi connectivity index (χ1n) is 3.83. The van der Waals surface area contributed by atoms with Crippen molar-refractivity contribution in [2.75, 3.05) is 0 Å². The fourth-order valence-electron chi connectivity index (χ4n) is 0.934. The Labute approximate surface area is 107 Å². The number of pyridine rings is 1. The lowest BCUT2D eigenvalue weighted by Gasteiger charge is -2.11. The van der Waals surface area contributed by atoms with E-state index in [4.69, 9.17) is 11.6 Å². The molecule has 0 aromatic carbocycles. The summed E-state index contributed by atoms with van der Waals surface area (Å²) in [6, 6.07) is 0. The number of carbonyl (C=O) groups excluding carboxylic acids is 1. The normalized spacial score (nSPS) is 11.3. The third-order valence-corrected chi connectivity index (χ3v) is 2.91. The molecule has 88 valence electrons. The molecule has 8 heteroatoms. The summed E-state index contributed by atoms with van der Waals surface area (Å²) < 4.78 is 39.5. The van der Waals surface area contributed by atoms with Crippen LogP contribution < -0.4 is 4.74 Å². The Balaban J connectivity index is 3.19. The van der Waals surface area contributed by atoms with Crippen molar-refractivity contribution < 1.29 is 22.7 Å². The van der Waals surface area contributed by atoms with Crippen LogP contribution in [0.1, 0.15) is 15.9 Å². The Morgan fingerprint density at radius 1 is 1.56 bits per heavy atom. The average molecular weight is 365 g/mol. The molecule has 0 aliphatic heterocycles. The zero-order chi connectivity index (χ0) is 12.3. The first kappa shape index (κ1) is 13.5. The van der Waals surface area contributed by atoms with Gasteiger partial charge in [-0.25, -0.2) is 4.98 Å². The zero-order valence-electron chi connectivity index (χ0n) is 7.52. The molecule has 1 aromatic rings. The van der Waals surface area contributed by atoms with E-state index in [1.807, 2.05) is 0 Å². The fourth-order valence-corrected chi connectivity index (χ4v) is 1.87. The lowest BCUT2D eigenvalue weighted by molar-refractivity contribution is -0.276. The highest BCUT2D eigenvalue weighted by molar-refractivity contribution is 14.1. The summed E-state index contributed by atoms with van der Waals surface area (Å²) in [5.74, 6) is -0.660. The smallest absolute Gasteiger partial charge is 0.387 e. The van der Waals surface area contributed by atoms with Gasteiger partial charge in [0.2, 0.25) is 5.88 Å². The molecule has 0 unspecified atom stereocenters. The Kier molecular flexibility index (Phi) is 4.36. The topological polar surface area (TPSA) is 39.2 Å². The lowest BCUT2D eigenvalue weighted by atomic mass is 10.2. The molecule has 1 rings (SSSR count). The second-order valence-electron chi connectivity index (χ2n) is 2.62. The van der Waals surface area contributed by atoms with Gasteiger partial charge in [0, 0.05) is 17.6 Å². The number of carbonyl (C=O) groups is 1. The number of aldehydes is 1. The third kappa shape index (κ3) is 3.21. The van der Waals surface area contributed by atoms with Gasteiger partial charge in [-0.1, -0.05) is 0 Å². The van der Waals surface area contributed by atoms with Crippen LogP contribution >= 0.6 is 34.2 Å². The van der Waals surface area contributed by atoms with E-state index in [-0.39, 0.29) is 15.0 Å². The van der Waals surface area contributed by atoms with Crippen molar-refractivity contribution in [3.8, 4) is 5.88 Å². The molecule has 1 aromatic heterocycles. The van der Waals surface area contributed by atoms with E-state index in [0.717, 1.165) is 6.20 Å². The molecular formula is C8H4ClF3INO2. The van der Waals surface area contributed by atoms with Crippen LogP contribution in [0.2, 0.25) is 0 Å². The maximum absolute atomic E-state index is 12.0. The molecule has 0 atom stereocenters. The number of halogens is 5. The molecule has 0 amide bonds. The van der Waals surface area contributed by atoms with Crippen molar-refractivity contribution in [1.29, 1.82) is 0 Å². The summed E-state index contributed by atoms with van der Waals surface area (Å²) in [5, 5.41) is 0. The van der Waals surface area contributed by atoms with E-state index in [1.165, 1.54) is 0 Å². The quantitative estimate of drug-likeness (QED) is 0.469. The van der Waals surface area contributed by atoms with Crippen LogP contribution in [-0.4, -0.2) is 17.6 Å². The summed E-state index contributed by atoms with van der Waals surface area (Å²) in [7, 11) is 0. The highest BCUT2D eigenvalue weighted by Gasteiger charge is 2.33. The summed E-state index contributed by atoms with van der Waals surface area (Å²) in [6.07, 6.45) is -3.33. The molecule has 0 fully saturated rings. The maximum Gasteiger partial charge on any atom is 0.574 e. The van der Waals surface area contributed by atoms with Gasteiger partial charge in [-0.15, -0.1) is 24.8 Å². The number of rotatable bonds is 3. The van der Waals surface area contributed by atoms with E-state index in [0.29, 0.717) is 11.8 Å². The Hall–Kier alpha value is -0.570. The van der Waals surface area contributed by atoms with Crippen molar-refractivity contribution in [3.63, 3.8) is 0 Å². The maximum atomic E-state index is 12.0. The second-order valence-corrected chi connectivity index (χ2v) is 3.96. The SMILES string of the molecule is O=Cc1c(CCl)cnc(OC(F)(F)F)c1I. The molecule has 3 nitrogen and oxygen atoms in total. The number of ether oxygens (including phenoxy) is 1. The van der Waals surface area contributed by atoms with E-state index in [1.54, 1.807) is 22.6 Å². The fraction of sp³-hybridized carbons (Fsp3) is 0.250. The molecule has 0 aliphatic carbocycles. The van der Waals surface area contributed by atoms with Gasteiger partial charge in [0.25, 0.3) is 0 Å². The van der Waals surface area contributed by atoms with Crippen LogP contribution in [0.15, 0.2) is 6.20 Å². The van der Waals surface area contributed by atoms with Gasteiger partial charge in [-0.05, 0) is 28.2 Å². The van der Waals surface area contributed by atoms with Gasteiger partial charge in [-0.2, -0.15) is 0 Å². The molecule has 0 bridgehead atoms. The molecule has 0 saturated carbocycles. The molecule has 0 spiro atoms. The Bertz CT molecular complexity index is 411. The number of hydrogen-bond acceptors (Lipinski definition) is 3. The largest absolute Gasteiger partial charge is 0.574 e. The van der Waals surface area contributed by atoms with E-state index < -0.39 is 12.2 Å². The van der Waals surface area contributed by atoms with Crippen molar-refractivity contribution in [2.24, 2.45) is 0 Å². The van der Waals surface area contributed by atoms with Gasteiger partial charge in [0.15, 0.2) is 6.29 Å². The highest BCUT2D eigenvalue weighted by Crippen LogP contribution is 2.29. The first-order valence-corrected chi connectivity index (χ1v) is 5.44. The molecule has 1 heterocycles. The van der Waals surface area contributed by atoms with Crippen LogP contribution in [0.25, 0.3) is 0 Å². The summed E-state index contributed by atoms with van der Waals surface area (Å²) in [4.78, 5) is 14.1. The number of nitrogens with zero attached hydrogens (tertiary/aromatic N) is 1. The molecule has 16 heavy (non-hydrogen) atoms. The lowest BCUT2D eigenvalue weighted by Crippen LogP contribution is -2.19. The zero-order valence-corrected chi connectivity index (χ0v) is 10.4. The second kappa shape index (κ2) is 5.17. The summed E-state index contributed by atoms with van der Waals surface area (Å²) in [6.45, 7) is 0. The standard InChI is InChI=1S/C8H4ClF3INO2/c9-1-4-2-14-7(16-8(10,11)12)6(13)5(4)3-15/h2-3H,1H2. The minimum Gasteiger partial charge on any atom is -0.387 e. The van der Waals surface area contributed by atoms with Crippen LogP contribution in [0.4, 0.5) is 13.2 Å². The Morgan fingerprint density at radius 3 is 2.62 bits per heavy atom. The predicted octanol–water partition coefficient (Wildman–Crippen LogP) is 3.14. The van der Waals surface area contributed by atoms with Crippen LogP contribution in [-0.2, 0) is 5.88 Å². The Morgan fingerprint density at radius 2 is 2.19 bits per heavy atom. The van der Waals surface area contributed by atoms with Gasteiger partial charge >= 0.3 is 6.36 Å². The molecule has 0 aliphatic rings. The molecule has 0 N–H and O–H groups in total. The molecule has 0 saturated heterocycles. The van der Waals surface area contributed by atoms with Gasteiger partial charge in [0.1, 0.15) is 0 Å². The van der Waals surface area contributed by atoms with Gasteiger partial charge < -0.3 is 4.74 Å². The van der Waals surface area contributed by atoms with Crippen molar-refractivity contribution in [2.45, 2.75) is 12.2 Å².